The predicted octanol–water partition coefficient (Wildman–Crippen LogP) is 1.81. The van der Waals surface area contributed by atoms with E-state index < -0.39 is 5.60 Å². The molecule has 0 amide bonds. The van der Waals surface area contributed by atoms with Gasteiger partial charge in [-0.25, -0.2) is 0 Å². The number of aliphatic hydroxyl groups is 1. The van der Waals surface area contributed by atoms with Crippen molar-refractivity contribution in [2.24, 2.45) is 0 Å². The van der Waals surface area contributed by atoms with Crippen molar-refractivity contribution in [3.05, 3.63) is 30.2 Å². The number of nitrogens with zero attached hydrogens (tertiary/aromatic N) is 1. The van der Waals surface area contributed by atoms with Crippen molar-refractivity contribution >= 4 is 11.1 Å². The Hall–Kier alpha value is -1.35. The Morgan fingerprint density at radius 2 is 2.31 bits per heavy atom. The van der Waals surface area contributed by atoms with Gasteiger partial charge in [-0.3, -0.25) is 4.98 Å². The van der Waals surface area contributed by atoms with E-state index in [0.29, 0.717) is 0 Å². The van der Waals surface area contributed by atoms with Crippen LogP contribution in [0.4, 0.5) is 0 Å². The van der Waals surface area contributed by atoms with Crippen LogP contribution in [0, 0.1) is 0 Å². The van der Waals surface area contributed by atoms with Gasteiger partial charge in [0.15, 0.2) is 5.58 Å². The van der Waals surface area contributed by atoms with Crippen molar-refractivity contribution in [1.29, 1.82) is 0 Å². The summed E-state index contributed by atoms with van der Waals surface area (Å²) < 4.78 is 5.29. The number of hydrogen-bond acceptors (Lipinski definition) is 3. The van der Waals surface area contributed by atoms with Crippen molar-refractivity contribution in [2.75, 3.05) is 0 Å². The fourth-order valence-electron chi connectivity index (χ4n) is 1.58. The summed E-state index contributed by atoms with van der Waals surface area (Å²) in [6.07, 6.45) is 4.97. The zero-order valence-corrected chi connectivity index (χ0v) is 7.03. The largest absolute Gasteiger partial charge is 0.462 e. The predicted molar refractivity (Wildman–Crippen MR) is 47.1 cm³/mol. The first-order valence-electron chi connectivity index (χ1n) is 4.35. The molecule has 0 aromatic carbocycles. The Morgan fingerprint density at radius 3 is 3.08 bits per heavy atom. The average Bonchev–Trinajstić information content (AvgIpc) is 2.76. The molecule has 2 aromatic rings. The lowest BCUT2D eigenvalue weighted by Crippen LogP contribution is -2.02. The van der Waals surface area contributed by atoms with E-state index in [1.54, 1.807) is 12.5 Å². The van der Waals surface area contributed by atoms with Crippen molar-refractivity contribution < 1.29 is 9.52 Å². The molecule has 0 unspecified atom stereocenters. The lowest BCUT2D eigenvalue weighted by molar-refractivity contribution is 0.152. The molecule has 0 saturated heterocycles. The molecule has 1 N–H and O–H groups in total. The molecule has 0 aliphatic heterocycles. The number of aromatic nitrogens is 1. The maximum atomic E-state index is 9.89. The Kier molecular flexibility index (Phi) is 1.15. The van der Waals surface area contributed by atoms with Crippen LogP contribution in [0.3, 0.4) is 0 Å². The van der Waals surface area contributed by atoms with Crippen molar-refractivity contribution in [3.8, 4) is 0 Å². The minimum Gasteiger partial charge on any atom is -0.462 e. The van der Waals surface area contributed by atoms with Gasteiger partial charge in [-0.05, 0) is 25.0 Å². The summed E-state index contributed by atoms with van der Waals surface area (Å²) in [6, 6.07) is 3.68. The van der Waals surface area contributed by atoms with Crippen LogP contribution < -0.4 is 0 Å². The van der Waals surface area contributed by atoms with Crippen molar-refractivity contribution in [3.63, 3.8) is 0 Å². The van der Waals surface area contributed by atoms with E-state index in [1.165, 1.54) is 0 Å². The highest BCUT2D eigenvalue weighted by molar-refractivity contribution is 5.77. The topological polar surface area (TPSA) is 46.3 Å². The van der Waals surface area contributed by atoms with Gasteiger partial charge in [-0.1, -0.05) is 0 Å². The first kappa shape index (κ1) is 7.09. The Morgan fingerprint density at radius 1 is 1.46 bits per heavy atom. The van der Waals surface area contributed by atoms with Gasteiger partial charge >= 0.3 is 0 Å². The van der Waals surface area contributed by atoms with Gasteiger partial charge in [-0.15, -0.1) is 0 Å². The molecule has 0 spiro atoms. The first-order chi connectivity index (χ1) is 6.30. The molecule has 3 rings (SSSR count). The van der Waals surface area contributed by atoms with Crippen LogP contribution >= 0.6 is 0 Å². The molecule has 13 heavy (non-hydrogen) atoms. The molecule has 2 heterocycles. The van der Waals surface area contributed by atoms with Gasteiger partial charge in [-0.2, -0.15) is 0 Å². The van der Waals surface area contributed by atoms with Gasteiger partial charge < -0.3 is 9.52 Å². The molecule has 0 radical (unpaired) electrons. The van der Waals surface area contributed by atoms with Crippen LogP contribution in [0.2, 0.25) is 0 Å². The fourth-order valence-corrected chi connectivity index (χ4v) is 1.58. The second-order valence-electron chi connectivity index (χ2n) is 3.53. The molecule has 2 aromatic heterocycles. The molecule has 1 saturated carbocycles. The molecule has 66 valence electrons. The highest BCUT2D eigenvalue weighted by Gasteiger charge is 2.44. The van der Waals surface area contributed by atoms with Crippen LogP contribution in [-0.4, -0.2) is 10.1 Å². The van der Waals surface area contributed by atoms with Crippen LogP contribution in [0.1, 0.15) is 18.4 Å². The maximum Gasteiger partial charge on any atom is 0.152 e. The highest BCUT2D eigenvalue weighted by atomic mass is 16.3. The van der Waals surface area contributed by atoms with E-state index in [1.807, 2.05) is 12.1 Å². The SMILES string of the molecule is OC1(c2coc3cccnc23)CC1. The van der Waals surface area contributed by atoms with Gasteiger partial charge in [0, 0.05) is 11.8 Å². The van der Waals surface area contributed by atoms with Crippen LogP contribution in [0.15, 0.2) is 29.0 Å². The number of fused-ring (bicyclic) bond motifs is 1. The molecule has 3 heteroatoms. The number of rotatable bonds is 1. The van der Waals surface area contributed by atoms with Crippen molar-refractivity contribution in [1.82, 2.24) is 4.98 Å². The summed E-state index contributed by atoms with van der Waals surface area (Å²) in [5.74, 6) is 0. The summed E-state index contributed by atoms with van der Waals surface area (Å²) in [6.45, 7) is 0. The van der Waals surface area contributed by atoms with E-state index in [9.17, 15) is 5.11 Å². The van der Waals surface area contributed by atoms with E-state index in [4.69, 9.17) is 4.42 Å². The molecule has 1 aliphatic carbocycles. The van der Waals surface area contributed by atoms with Crippen molar-refractivity contribution in [2.45, 2.75) is 18.4 Å². The molecular formula is C10H9NO2. The molecule has 1 fully saturated rings. The van der Waals surface area contributed by atoms with E-state index in [-0.39, 0.29) is 0 Å². The minimum atomic E-state index is -0.653. The quantitative estimate of drug-likeness (QED) is 0.718. The van der Waals surface area contributed by atoms with Gasteiger partial charge in [0.25, 0.3) is 0 Å². The van der Waals surface area contributed by atoms with E-state index in [0.717, 1.165) is 29.5 Å². The third kappa shape index (κ3) is 0.906. The second-order valence-corrected chi connectivity index (χ2v) is 3.53. The highest BCUT2D eigenvalue weighted by Crippen LogP contribution is 2.47. The average molecular weight is 175 g/mol. The lowest BCUT2D eigenvalue weighted by atomic mass is 10.1. The number of hydrogen-bond donors (Lipinski definition) is 1. The van der Waals surface area contributed by atoms with Crippen LogP contribution in [-0.2, 0) is 5.60 Å². The van der Waals surface area contributed by atoms with Gasteiger partial charge in [0.2, 0.25) is 0 Å². The number of pyridine rings is 1. The Balaban J connectivity index is 2.30. The summed E-state index contributed by atoms with van der Waals surface area (Å²) in [7, 11) is 0. The zero-order chi connectivity index (χ0) is 8.89. The third-order valence-corrected chi connectivity index (χ3v) is 2.55. The molecule has 0 bridgehead atoms. The molecule has 0 atom stereocenters. The summed E-state index contributed by atoms with van der Waals surface area (Å²) >= 11 is 0. The Bertz CT molecular complexity index is 457. The first-order valence-corrected chi connectivity index (χ1v) is 4.35. The smallest absolute Gasteiger partial charge is 0.152 e. The lowest BCUT2D eigenvalue weighted by Gasteiger charge is -2.02. The zero-order valence-electron chi connectivity index (χ0n) is 7.03. The van der Waals surface area contributed by atoms with Gasteiger partial charge in [0.1, 0.15) is 5.52 Å². The summed E-state index contributed by atoms with van der Waals surface area (Å²) in [5.41, 5.74) is 1.73. The van der Waals surface area contributed by atoms with Crippen LogP contribution in [0.5, 0.6) is 0 Å². The molecule has 3 nitrogen and oxygen atoms in total. The van der Waals surface area contributed by atoms with Gasteiger partial charge in [0.05, 0.1) is 11.9 Å². The number of furan rings is 1. The van der Waals surface area contributed by atoms with E-state index >= 15 is 0 Å². The standard InChI is InChI=1S/C10H9NO2/c12-10(3-4-10)7-6-13-8-2-1-5-11-9(7)8/h1-2,5-6,12H,3-4H2. The van der Waals surface area contributed by atoms with Crippen LogP contribution in [0.25, 0.3) is 11.1 Å². The normalized spacial score (nSPS) is 19.2. The fraction of sp³-hybridized carbons (Fsp3) is 0.300. The monoisotopic (exact) mass is 175 g/mol. The Labute approximate surface area is 75.0 Å². The summed E-state index contributed by atoms with van der Waals surface area (Å²) in [4.78, 5) is 4.19. The second kappa shape index (κ2) is 2.12. The maximum absolute atomic E-state index is 9.89. The summed E-state index contributed by atoms with van der Waals surface area (Å²) in [5, 5.41) is 9.89. The molecule has 1 aliphatic rings. The van der Waals surface area contributed by atoms with E-state index in [2.05, 4.69) is 4.98 Å². The minimum absolute atomic E-state index is 0.653. The third-order valence-electron chi connectivity index (χ3n) is 2.55. The molecular weight excluding hydrogens is 166 g/mol.